The molecular weight excluding hydrogens is 1070 g/mol. The Kier molecular flexibility index (Phi) is 33.1. The van der Waals surface area contributed by atoms with E-state index in [9.17, 15) is 73.2 Å². The van der Waals surface area contributed by atoms with Gasteiger partial charge in [0, 0.05) is 25.9 Å². The lowest BCUT2D eigenvalue weighted by molar-refractivity contribution is -0.137. The van der Waals surface area contributed by atoms with Gasteiger partial charge in [-0.05, 0) is 84.1 Å². The molecule has 30 heteroatoms. The van der Waals surface area contributed by atoms with Crippen LogP contribution in [-0.2, 0) is 59.2 Å². The van der Waals surface area contributed by atoms with Crippen molar-refractivity contribution in [3.63, 3.8) is 0 Å². The number of benzene rings is 1. The van der Waals surface area contributed by atoms with Gasteiger partial charge in [0.25, 0.3) is 0 Å². The highest BCUT2D eigenvalue weighted by atomic mass is 16.3. The number of nitrogens with two attached hydrogens (primary N) is 4. The summed E-state index contributed by atoms with van der Waals surface area (Å²) < 4.78 is 0. The van der Waals surface area contributed by atoms with Crippen LogP contribution in [0, 0.1) is 0 Å². The number of carbonyl (C=O) groups is 11. The molecule has 462 valence electrons. The monoisotopic (exact) mass is 1160 g/mol. The molecule has 1 aliphatic heterocycles. The second-order valence-electron chi connectivity index (χ2n) is 20.2. The molecule has 10 amide bonds. The second-order valence-corrected chi connectivity index (χ2v) is 20.2. The fraction of sp³-hybridized carbons (Fsp3) is 0.673. The highest BCUT2D eigenvalue weighted by Gasteiger charge is 2.39. The third-order valence-corrected chi connectivity index (χ3v) is 13.3. The fourth-order valence-corrected chi connectivity index (χ4v) is 8.48. The van der Waals surface area contributed by atoms with E-state index in [1.165, 1.54) is 13.8 Å². The summed E-state index contributed by atoms with van der Waals surface area (Å²) in [6.07, 6.45) is -0.0489. The number of rotatable bonds is 29. The molecule has 0 unspecified atom stereocenters. The van der Waals surface area contributed by atoms with Crippen LogP contribution in [0.15, 0.2) is 30.3 Å². The molecule has 0 bridgehead atoms. The first-order valence-electron chi connectivity index (χ1n) is 27.7. The van der Waals surface area contributed by atoms with Crippen molar-refractivity contribution in [3.05, 3.63) is 35.9 Å². The van der Waals surface area contributed by atoms with Gasteiger partial charge >= 0.3 is 0 Å². The smallest absolute Gasteiger partial charge is 0.245 e. The van der Waals surface area contributed by atoms with Crippen molar-refractivity contribution < 1.29 is 73.2 Å². The van der Waals surface area contributed by atoms with E-state index in [0.29, 0.717) is 12.0 Å². The molecule has 1 aromatic rings. The summed E-state index contributed by atoms with van der Waals surface area (Å²) in [5.41, 5.74) is 21.4. The van der Waals surface area contributed by atoms with Gasteiger partial charge in [0.1, 0.15) is 60.2 Å². The van der Waals surface area contributed by atoms with Gasteiger partial charge in [-0.15, -0.1) is 0 Å². The van der Waals surface area contributed by atoms with Crippen molar-refractivity contribution in [1.82, 2.24) is 58.5 Å². The van der Waals surface area contributed by atoms with Crippen LogP contribution in [0.2, 0.25) is 0 Å². The minimum absolute atomic E-state index is 0.0443. The van der Waals surface area contributed by atoms with E-state index in [-0.39, 0.29) is 71.0 Å². The van der Waals surface area contributed by atoms with Crippen LogP contribution in [0.25, 0.3) is 0 Å². The molecular formula is C52H89N15O15. The normalized spacial score (nSPS) is 23.3. The Labute approximate surface area is 477 Å². The highest BCUT2D eigenvalue weighted by Crippen LogP contribution is 2.11. The van der Waals surface area contributed by atoms with Gasteiger partial charge in [-0.25, -0.2) is 0 Å². The Morgan fingerprint density at radius 1 is 0.646 bits per heavy atom. The first-order valence-corrected chi connectivity index (χ1v) is 27.7. The van der Waals surface area contributed by atoms with E-state index in [1.54, 1.807) is 30.3 Å². The van der Waals surface area contributed by atoms with Gasteiger partial charge in [0.2, 0.25) is 59.1 Å². The molecule has 30 nitrogen and oxygen atoms in total. The van der Waals surface area contributed by atoms with Crippen molar-refractivity contribution in [3.8, 4) is 0 Å². The average molecular weight is 1160 g/mol. The Bertz CT molecular complexity index is 2230. The lowest BCUT2D eigenvalue weighted by Gasteiger charge is -2.32. The maximum atomic E-state index is 14.4. The lowest BCUT2D eigenvalue weighted by atomic mass is 10.0. The molecule has 23 N–H and O–H groups in total. The topological polar surface area (TPSA) is 505 Å². The summed E-state index contributed by atoms with van der Waals surface area (Å²) in [5.74, 6) is -9.53. The zero-order chi connectivity index (χ0) is 61.4. The average Bonchev–Trinajstić information content (AvgIpc) is 3.50. The number of aliphatic hydroxyl groups is 4. The summed E-state index contributed by atoms with van der Waals surface area (Å²) in [5, 5.41) is 69.6. The van der Waals surface area contributed by atoms with E-state index < -0.39 is 164 Å². The van der Waals surface area contributed by atoms with Gasteiger partial charge in [-0.1, -0.05) is 62.9 Å². The molecule has 0 radical (unpaired) electrons. The van der Waals surface area contributed by atoms with Crippen molar-refractivity contribution in [2.24, 2.45) is 22.9 Å². The molecule has 2 rings (SSSR count). The number of unbranched alkanes of at least 4 members (excludes halogenated alkanes) is 4. The predicted octanol–water partition coefficient (Wildman–Crippen LogP) is -7.86. The molecule has 0 aromatic heterocycles. The number of carbonyl (C=O) groups excluding carboxylic acids is 11. The predicted molar refractivity (Wildman–Crippen MR) is 298 cm³/mol. The van der Waals surface area contributed by atoms with Gasteiger partial charge < -0.3 is 107 Å². The molecule has 12 atom stereocenters. The molecule has 1 aliphatic rings. The number of amides is 10. The zero-order valence-corrected chi connectivity index (χ0v) is 47.0. The third-order valence-electron chi connectivity index (χ3n) is 13.3. The standard InChI is InChI=1S/C52H89N15O15/c1-4-5-6-7-11-14-40(73)59-34(15-20-53)44(75)64-39(26-68)49(80)67-52(28-69,29-70)27-58-33-19-24-57-50(81)41(30(2)71)65-47(78)37(18-23-56)61-45(76)36(17-22-55)62-51(82)42(31(3)72)66-48(79)38(25-32-12-9-8-10-13-32)63-46(77)35(16-21-54)60-43(33)74/h8-10,12-13,28,30-31,33-39,41-42,58,68,70-72H,4-7,11,14-27,29,53-56H2,1-3H3,(H,57,81)(H,59,73)(H,60,74)(H,61,76)(H,62,82)(H,63,77)(H,64,75)(H,65,78)(H,66,79)(H,67,80)/t30-,31-,33+,34+,35+,36+,37+,38-,39+,41+,42+,52+/m1/s1. The van der Waals surface area contributed by atoms with Gasteiger partial charge in [0.05, 0.1) is 31.5 Å². The number of aliphatic hydroxyl groups excluding tert-OH is 4. The summed E-state index contributed by atoms with van der Waals surface area (Å²) >= 11 is 0. The van der Waals surface area contributed by atoms with Crippen LogP contribution >= 0.6 is 0 Å². The van der Waals surface area contributed by atoms with Crippen LogP contribution in [-0.4, -0.2) is 210 Å². The molecule has 1 heterocycles. The summed E-state index contributed by atoms with van der Waals surface area (Å²) in [7, 11) is 0. The van der Waals surface area contributed by atoms with Gasteiger partial charge in [-0.2, -0.15) is 0 Å². The van der Waals surface area contributed by atoms with Crippen LogP contribution in [0.3, 0.4) is 0 Å². The Morgan fingerprint density at radius 2 is 1.16 bits per heavy atom. The van der Waals surface area contributed by atoms with Crippen LogP contribution < -0.4 is 81.4 Å². The number of hydrogen-bond acceptors (Lipinski definition) is 20. The molecule has 0 aliphatic carbocycles. The first kappa shape index (κ1) is 71.3. The molecule has 1 aromatic carbocycles. The first-order chi connectivity index (χ1) is 39.1. The van der Waals surface area contributed by atoms with Crippen LogP contribution in [0.4, 0.5) is 0 Å². The van der Waals surface area contributed by atoms with E-state index in [1.807, 2.05) is 6.92 Å². The summed E-state index contributed by atoms with van der Waals surface area (Å²) in [4.78, 5) is 151. The molecule has 1 fully saturated rings. The number of hydrogen-bond donors (Lipinski definition) is 19. The van der Waals surface area contributed by atoms with E-state index in [2.05, 4.69) is 58.5 Å². The molecule has 0 spiro atoms. The van der Waals surface area contributed by atoms with E-state index >= 15 is 0 Å². The zero-order valence-electron chi connectivity index (χ0n) is 47.0. The number of aldehydes is 1. The van der Waals surface area contributed by atoms with Crippen molar-refractivity contribution in [2.75, 3.05) is 52.5 Å². The maximum absolute atomic E-state index is 14.4. The quantitative estimate of drug-likeness (QED) is 0.0262. The fourth-order valence-electron chi connectivity index (χ4n) is 8.48. The Morgan fingerprint density at radius 3 is 1.67 bits per heavy atom. The van der Waals surface area contributed by atoms with Crippen LogP contribution in [0.1, 0.15) is 97.0 Å². The summed E-state index contributed by atoms with van der Waals surface area (Å²) in [6.45, 7) is 0.348. The largest absolute Gasteiger partial charge is 0.394 e. The number of nitrogens with one attached hydrogen (secondary N) is 11. The van der Waals surface area contributed by atoms with E-state index in [4.69, 9.17) is 22.9 Å². The highest BCUT2D eigenvalue weighted by molar-refractivity contribution is 5.98. The molecule has 1 saturated heterocycles. The SMILES string of the molecule is CCCCCCCC(=O)N[C@@H](CCN)C(=O)N[C@@H](CO)C(=O)N[C@@](C=O)(CO)CN[C@H]1CCNC(=O)[C@H]([C@@H](C)O)NC(=O)[C@H](CCN)NC(=O)[C@H](CCN)NC(=O)[C@H]([C@@H](C)O)NC(=O)[C@@H](Cc2ccccc2)NC(=O)[C@H](CCN)NC1=O. The van der Waals surface area contributed by atoms with Gasteiger partial charge in [0.15, 0.2) is 0 Å². The second kappa shape index (κ2) is 38.1. The van der Waals surface area contributed by atoms with Crippen molar-refractivity contribution in [1.29, 1.82) is 0 Å². The van der Waals surface area contributed by atoms with Crippen molar-refractivity contribution >= 4 is 65.4 Å². The van der Waals surface area contributed by atoms with Crippen molar-refractivity contribution in [2.45, 2.75) is 170 Å². The third kappa shape index (κ3) is 24.4. The Hall–Kier alpha value is -6.77. The minimum Gasteiger partial charge on any atom is -0.394 e. The maximum Gasteiger partial charge on any atom is 0.245 e. The lowest BCUT2D eigenvalue weighted by Crippen LogP contribution is -2.65. The minimum atomic E-state index is -2.31. The Balaban J connectivity index is 2.64. The van der Waals surface area contributed by atoms with Gasteiger partial charge in [-0.3, -0.25) is 47.9 Å². The van der Waals surface area contributed by atoms with Crippen LogP contribution in [0.5, 0.6) is 0 Å². The van der Waals surface area contributed by atoms with E-state index in [0.717, 1.165) is 25.7 Å². The molecule has 0 saturated carbocycles. The molecule has 82 heavy (non-hydrogen) atoms. The summed E-state index contributed by atoms with van der Waals surface area (Å²) in [6, 6.07) is -5.72.